The molecule has 5 heteroatoms. The van der Waals surface area contributed by atoms with E-state index in [0.29, 0.717) is 0 Å². The van der Waals surface area contributed by atoms with Gasteiger partial charge in [0.05, 0.1) is 5.25 Å². The van der Waals surface area contributed by atoms with Crippen molar-refractivity contribution in [3.05, 3.63) is 0 Å². The van der Waals surface area contributed by atoms with Crippen LogP contribution in [0.4, 0.5) is 0 Å². The van der Waals surface area contributed by atoms with Gasteiger partial charge in [0.15, 0.2) is 9.84 Å². The van der Waals surface area contributed by atoms with Crippen molar-refractivity contribution in [3.8, 4) is 0 Å². The number of ether oxygens (including phenoxy) is 1. The van der Waals surface area contributed by atoms with Crippen molar-refractivity contribution >= 4 is 9.84 Å². The van der Waals surface area contributed by atoms with Crippen LogP contribution >= 0.6 is 0 Å². The van der Waals surface area contributed by atoms with E-state index in [9.17, 15) is 8.42 Å². The molecule has 0 aromatic rings. The first-order chi connectivity index (χ1) is 8.26. The molecule has 108 valence electrons. The second-order valence-electron chi connectivity index (χ2n) is 6.19. The van der Waals surface area contributed by atoms with Gasteiger partial charge in [-0.3, -0.25) is 0 Å². The van der Waals surface area contributed by atoms with Crippen LogP contribution in [0.5, 0.6) is 0 Å². The van der Waals surface area contributed by atoms with E-state index in [-0.39, 0.29) is 16.7 Å². The van der Waals surface area contributed by atoms with Gasteiger partial charge in [-0.1, -0.05) is 20.3 Å². The molecule has 4 nitrogen and oxygen atoms in total. The van der Waals surface area contributed by atoms with Crippen LogP contribution in [0, 0.1) is 5.41 Å². The van der Waals surface area contributed by atoms with Crippen LogP contribution in [0.2, 0.25) is 0 Å². The Bertz CT molecular complexity index is 351. The van der Waals surface area contributed by atoms with Gasteiger partial charge in [-0.25, -0.2) is 8.42 Å². The first-order valence-corrected chi connectivity index (χ1v) is 8.63. The van der Waals surface area contributed by atoms with Crippen molar-refractivity contribution in [2.45, 2.75) is 50.8 Å². The van der Waals surface area contributed by atoms with Gasteiger partial charge >= 0.3 is 0 Å². The quantitative estimate of drug-likeness (QED) is 0.768. The zero-order valence-corrected chi connectivity index (χ0v) is 12.8. The van der Waals surface area contributed by atoms with Crippen molar-refractivity contribution in [2.75, 3.05) is 26.5 Å². The predicted molar refractivity (Wildman–Crippen MR) is 74.5 cm³/mol. The standard InChI is InChI=1S/C13H27NO3S/c1-13(2,8-9-17-3)10-14-11-6-5-7-12(11)18(4,15)16/h11-12,14H,5-10H2,1-4H3. The van der Waals surface area contributed by atoms with Crippen molar-refractivity contribution in [2.24, 2.45) is 5.41 Å². The molecule has 0 spiro atoms. The molecule has 2 atom stereocenters. The molecule has 0 bridgehead atoms. The molecule has 0 amide bonds. The third-order valence-electron chi connectivity index (χ3n) is 3.83. The van der Waals surface area contributed by atoms with Crippen LogP contribution in [0.1, 0.15) is 39.5 Å². The fourth-order valence-corrected chi connectivity index (χ4v) is 3.97. The maximum atomic E-state index is 11.7. The molecule has 1 aliphatic carbocycles. The minimum Gasteiger partial charge on any atom is -0.385 e. The summed E-state index contributed by atoms with van der Waals surface area (Å²) in [6, 6.07) is 0.127. The Balaban J connectivity index is 2.47. The van der Waals surface area contributed by atoms with Gasteiger partial charge in [-0.05, 0) is 24.7 Å². The van der Waals surface area contributed by atoms with Crippen molar-refractivity contribution in [1.82, 2.24) is 5.32 Å². The Hall–Kier alpha value is -0.130. The minimum atomic E-state index is -2.92. The molecule has 1 N–H and O–H groups in total. The molecule has 1 saturated carbocycles. The van der Waals surface area contributed by atoms with E-state index >= 15 is 0 Å². The summed E-state index contributed by atoms with van der Waals surface area (Å²) in [4.78, 5) is 0. The smallest absolute Gasteiger partial charge is 0.151 e. The summed E-state index contributed by atoms with van der Waals surface area (Å²) in [6.45, 7) is 5.95. The molecule has 18 heavy (non-hydrogen) atoms. The summed E-state index contributed by atoms with van der Waals surface area (Å²) in [5.41, 5.74) is 0.140. The van der Waals surface area contributed by atoms with Gasteiger partial charge in [0.2, 0.25) is 0 Å². The number of hydrogen-bond donors (Lipinski definition) is 1. The molecule has 0 aliphatic heterocycles. The van der Waals surface area contributed by atoms with Crippen molar-refractivity contribution in [3.63, 3.8) is 0 Å². The lowest BCUT2D eigenvalue weighted by atomic mass is 9.89. The normalized spacial score (nSPS) is 25.6. The van der Waals surface area contributed by atoms with Crippen LogP contribution in [-0.4, -0.2) is 46.2 Å². The van der Waals surface area contributed by atoms with Gasteiger partial charge in [0, 0.05) is 32.6 Å². The first kappa shape index (κ1) is 15.9. The van der Waals surface area contributed by atoms with E-state index in [1.807, 2.05) is 0 Å². The van der Waals surface area contributed by atoms with Crippen LogP contribution in [-0.2, 0) is 14.6 Å². The summed E-state index contributed by atoms with van der Waals surface area (Å²) < 4.78 is 28.5. The fraction of sp³-hybridized carbons (Fsp3) is 1.00. The molecule has 0 radical (unpaired) electrons. The molecule has 1 rings (SSSR count). The zero-order chi connectivity index (χ0) is 13.8. The lowest BCUT2D eigenvalue weighted by molar-refractivity contribution is 0.149. The third kappa shape index (κ3) is 4.86. The summed E-state index contributed by atoms with van der Waals surface area (Å²) in [7, 11) is -1.22. The average molecular weight is 277 g/mol. The molecule has 0 aromatic heterocycles. The number of hydrogen-bond acceptors (Lipinski definition) is 4. The van der Waals surface area contributed by atoms with E-state index < -0.39 is 9.84 Å². The third-order valence-corrected chi connectivity index (χ3v) is 5.49. The topological polar surface area (TPSA) is 55.4 Å². The average Bonchev–Trinajstić information content (AvgIpc) is 2.72. The molecule has 1 fully saturated rings. The van der Waals surface area contributed by atoms with Crippen molar-refractivity contribution in [1.29, 1.82) is 0 Å². The van der Waals surface area contributed by atoms with Gasteiger partial charge in [0.25, 0.3) is 0 Å². The summed E-state index contributed by atoms with van der Waals surface area (Å²) in [5.74, 6) is 0. The SMILES string of the molecule is COCCC(C)(C)CNC1CCCC1S(C)(=O)=O. The van der Waals surface area contributed by atoms with Crippen LogP contribution in [0.15, 0.2) is 0 Å². The minimum absolute atomic E-state index is 0.127. The molecule has 0 saturated heterocycles. The second-order valence-corrected chi connectivity index (χ2v) is 8.46. The van der Waals surface area contributed by atoms with Crippen molar-refractivity contribution < 1.29 is 13.2 Å². The fourth-order valence-electron chi connectivity index (χ4n) is 2.55. The highest BCUT2D eigenvalue weighted by atomic mass is 32.2. The summed E-state index contributed by atoms with van der Waals surface area (Å²) in [5, 5.41) is 3.25. The predicted octanol–water partition coefficient (Wildman–Crippen LogP) is 1.60. The van der Waals surface area contributed by atoms with Gasteiger partial charge < -0.3 is 10.1 Å². The van der Waals surface area contributed by atoms with Crippen LogP contribution in [0.25, 0.3) is 0 Å². The Morgan fingerprint density at radius 3 is 2.56 bits per heavy atom. The Morgan fingerprint density at radius 1 is 1.33 bits per heavy atom. The Labute approximate surface area is 111 Å². The lowest BCUT2D eigenvalue weighted by Gasteiger charge is -2.28. The zero-order valence-electron chi connectivity index (χ0n) is 12.0. The largest absolute Gasteiger partial charge is 0.385 e. The highest BCUT2D eigenvalue weighted by molar-refractivity contribution is 7.91. The summed E-state index contributed by atoms with van der Waals surface area (Å²) >= 11 is 0. The van der Waals surface area contributed by atoms with E-state index in [0.717, 1.165) is 38.8 Å². The molecule has 0 heterocycles. The Morgan fingerprint density at radius 2 is 2.00 bits per heavy atom. The first-order valence-electron chi connectivity index (χ1n) is 6.67. The van der Waals surface area contributed by atoms with Gasteiger partial charge in [0.1, 0.15) is 0 Å². The number of rotatable bonds is 7. The molecular weight excluding hydrogens is 250 g/mol. The number of nitrogens with one attached hydrogen (secondary N) is 1. The number of methoxy groups -OCH3 is 1. The van der Waals surface area contributed by atoms with Gasteiger partial charge in [-0.2, -0.15) is 0 Å². The van der Waals surface area contributed by atoms with Gasteiger partial charge in [-0.15, -0.1) is 0 Å². The molecule has 0 aromatic carbocycles. The molecule has 2 unspecified atom stereocenters. The second kappa shape index (κ2) is 6.35. The van der Waals surface area contributed by atoms with E-state index in [2.05, 4.69) is 19.2 Å². The lowest BCUT2D eigenvalue weighted by Crippen LogP contribution is -2.44. The van der Waals surface area contributed by atoms with E-state index in [1.165, 1.54) is 6.26 Å². The molecule has 1 aliphatic rings. The monoisotopic (exact) mass is 277 g/mol. The molecular formula is C13H27NO3S. The maximum Gasteiger partial charge on any atom is 0.151 e. The Kier molecular flexibility index (Phi) is 5.62. The highest BCUT2D eigenvalue weighted by Gasteiger charge is 2.35. The van der Waals surface area contributed by atoms with E-state index in [4.69, 9.17) is 4.74 Å². The highest BCUT2D eigenvalue weighted by Crippen LogP contribution is 2.27. The number of sulfone groups is 1. The van der Waals surface area contributed by atoms with Crippen LogP contribution in [0.3, 0.4) is 0 Å². The van der Waals surface area contributed by atoms with Crippen LogP contribution < -0.4 is 5.32 Å². The maximum absolute atomic E-state index is 11.7. The summed E-state index contributed by atoms with van der Waals surface area (Å²) in [6.07, 6.45) is 5.11. The van der Waals surface area contributed by atoms with E-state index in [1.54, 1.807) is 7.11 Å².